The van der Waals surface area contributed by atoms with Crippen LogP contribution < -0.4 is 5.32 Å². The highest BCUT2D eigenvalue weighted by Crippen LogP contribution is 2.21. The number of amides is 2. The van der Waals surface area contributed by atoms with E-state index in [9.17, 15) is 14.4 Å². The van der Waals surface area contributed by atoms with Crippen molar-refractivity contribution < 1.29 is 19.1 Å². The molecule has 1 rings (SSSR count). The van der Waals surface area contributed by atoms with Gasteiger partial charge in [0.2, 0.25) is 11.8 Å². The van der Waals surface area contributed by atoms with E-state index in [1.54, 1.807) is 32.6 Å². The third-order valence-corrected chi connectivity index (χ3v) is 2.94. The van der Waals surface area contributed by atoms with Gasteiger partial charge in [0.1, 0.15) is 6.04 Å². The highest BCUT2D eigenvalue weighted by molar-refractivity contribution is 6.03. The van der Waals surface area contributed by atoms with Gasteiger partial charge in [-0.1, -0.05) is 0 Å². The molecule has 6 heteroatoms. The van der Waals surface area contributed by atoms with Crippen molar-refractivity contribution in [1.82, 2.24) is 10.2 Å². The Morgan fingerprint density at radius 2 is 2.12 bits per heavy atom. The predicted octanol–water partition coefficient (Wildman–Crippen LogP) is -0.325. The van der Waals surface area contributed by atoms with E-state index in [1.165, 1.54) is 0 Å². The van der Waals surface area contributed by atoms with Gasteiger partial charge in [0, 0.05) is 0 Å². The summed E-state index contributed by atoms with van der Waals surface area (Å²) in [5, 5.41) is 2.25. The Morgan fingerprint density at radius 1 is 1.53 bits per heavy atom. The molecule has 17 heavy (non-hydrogen) atoms. The molecule has 0 aromatic heterocycles. The van der Waals surface area contributed by atoms with Crippen molar-refractivity contribution in [2.75, 3.05) is 13.2 Å². The fraction of sp³-hybridized carbons (Fsp3) is 0.727. The van der Waals surface area contributed by atoms with E-state index in [4.69, 9.17) is 4.74 Å². The number of esters is 1. The molecule has 1 aliphatic rings. The average molecular weight is 242 g/mol. The second-order valence-corrected chi connectivity index (χ2v) is 4.49. The lowest BCUT2D eigenvalue weighted by atomic mass is 9.96. The van der Waals surface area contributed by atoms with Crippen LogP contribution in [0.25, 0.3) is 0 Å². The molecule has 1 N–H and O–H groups in total. The van der Waals surface area contributed by atoms with Crippen molar-refractivity contribution in [2.24, 2.45) is 0 Å². The molecule has 0 aliphatic carbocycles. The van der Waals surface area contributed by atoms with Crippen molar-refractivity contribution in [3.05, 3.63) is 0 Å². The minimum absolute atomic E-state index is 0.0126. The summed E-state index contributed by atoms with van der Waals surface area (Å²) in [4.78, 5) is 36.2. The van der Waals surface area contributed by atoms with Gasteiger partial charge >= 0.3 is 5.97 Å². The average Bonchev–Trinajstić information content (AvgIpc) is 2.23. The minimum atomic E-state index is -0.903. The first-order chi connectivity index (χ1) is 7.80. The minimum Gasteiger partial charge on any atom is -0.465 e. The zero-order valence-corrected chi connectivity index (χ0v) is 10.6. The van der Waals surface area contributed by atoms with Crippen molar-refractivity contribution in [2.45, 2.75) is 39.3 Å². The molecule has 1 aliphatic heterocycles. The second kappa shape index (κ2) is 4.83. The quantitative estimate of drug-likeness (QED) is 0.542. The first-order valence-corrected chi connectivity index (χ1v) is 5.58. The summed E-state index contributed by atoms with van der Waals surface area (Å²) in [5.41, 5.74) is -0.903. The van der Waals surface area contributed by atoms with Crippen LogP contribution in [0.4, 0.5) is 0 Å². The molecule has 0 aromatic rings. The molecule has 1 heterocycles. The van der Waals surface area contributed by atoms with Gasteiger partial charge in [-0.3, -0.25) is 24.6 Å². The molecule has 0 saturated carbocycles. The molecular weight excluding hydrogens is 224 g/mol. The van der Waals surface area contributed by atoms with Crippen LogP contribution in [0.2, 0.25) is 0 Å². The van der Waals surface area contributed by atoms with Gasteiger partial charge in [-0.15, -0.1) is 0 Å². The Bertz CT molecular complexity index is 351. The first kappa shape index (κ1) is 13.6. The maximum absolute atomic E-state index is 11.7. The summed E-state index contributed by atoms with van der Waals surface area (Å²) in [7, 11) is 0. The zero-order chi connectivity index (χ0) is 13.2. The van der Waals surface area contributed by atoms with Gasteiger partial charge < -0.3 is 4.74 Å². The van der Waals surface area contributed by atoms with Crippen LogP contribution in [-0.4, -0.2) is 47.4 Å². The summed E-state index contributed by atoms with van der Waals surface area (Å²) in [6.45, 7) is 6.97. The van der Waals surface area contributed by atoms with E-state index >= 15 is 0 Å². The van der Waals surface area contributed by atoms with E-state index < -0.39 is 29.4 Å². The van der Waals surface area contributed by atoms with Crippen LogP contribution in [0, 0.1) is 0 Å². The summed E-state index contributed by atoms with van der Waals surface area (Å²) < 4.78 is 4.90. The summed E-state index contributed by atoms with van der Waals surface area (Å²) in [5.74, 6) is -1.22. The highest BCUT2D eigenvalue weighted by Gasteiger charge is 2.45. The predicted molar refractivity (Wildman–Crippen MR) is 60.0 cm³/mol. The van der Waals surface area contributed by atoms with E-state index in [0.29, 0.717) is 0 Å². The molecule has 96 valence electrons. The molecule has 6 nitrogen and oxygen atoms in total. The number of carbonyl (C=O) groups is 3. The van der Waals surface area contributed by atoms with Crippen LogP contribution >= 0.6 is 0 Å². The summed E-state index contributed by atoms with van der Waals surface area (Å²) >= 11 is 0. The molecule has 1 saturated heterocycles. The van der Waals surface area contributed by atoms with Gasteiger partial charge in [-0.25, -0.2) is 0 Å². The Kier molecular flexibility index (Phi) is 3.87. The fourth-order valence-electron chi connectivity index (χ4n) is 1.81. The van der Waals surface area contributed by atoms with Gasteiger partial charge in [0.25, 0.3) is 0 Å². The van der Waals surface area contributed by atoms with Crippen LogP contribution in [0.3, 0.4) is 0 Å². The molecule has 0 aromatic carbocycles. The first-order valence-electron chi connectivity index (χ1n) is 5.58. The van der Waals surface area contributed by atoms with E-state index in [0.717, 1.165) is 0 Å². The Balaban J connectivity index is 2.89. The second-order valence-electron chi connectivity index (χ2n) is 4.49. The number of carbonyl (C=O) groups excluding carboxylic acids is 3. The van der Waals surface area contributed by atoms with E-state index in [2.05, 4.69) is 5.32 Å². The molecule has 0 spiro atoms. The molecular formula is C11H18N2O4. The van der Waals surface area contributed by atoms with Crippen molar-refractivity contribution >= 4 is 17.8 Å². The van der Waals surface area contributed by atoms with Crippen molar-refractivity contribution in [3.8, 4) is 0 Å². The number of imide groups is 1. The number of nitrogens with zero attached hydrogens (tertiary/aromatic N) is 1. The normalized spacial score (nSPS) is 21.9. The van der Waals surface area contributed by atoms with Crippen LogP contribution in [-0.2, 0) is 19.1 Å². The van der Waals surface area contributed by atoms with Crippen molar-refractivity contribution in [3.63, 3.8) is 0 Å². The Hall–Kier alpha value is -1.43. The molecule has 0 bridgehead atoms. The fourth-order valence-corrected chi connectivity index (χ4v) is 1.81. The number of hydrogen-bond acceptors (Lipinski definition) is 5. The SMILES string of the molecule is CCOC(=O)C(C)N1CC(=O)NC(=O)C1(C)C. The maximum atomic E-state index is 11.7. The molecule has 0 radical (unpaired) electrons. The van der Waals surface area contributed by atoms with Gasteiger partial charge in [0.15, 0.2) is 0 Å². The zero-order valence-electron chi connectivity index (χ0n) is 10.6. The number of piperazine rings is 1. The van der Waals surface area contributed by atoms with Crippen LogP contribution in [0.1, 0.15) is 27.7 Å². The summed E-state index contributed by atoms with van der Waals surface area (Å²) in [6, 6.07) is -0.625. The number of ether oxygens (including phenoxy) is 1. The molecule has 1 unspecified atom stereocenters. The lowest BCUT2D eigenvalue weighted by Crippen LogP contribution is -2.67. The molecule has 2 amide bonds. The standard InChI is InChI=1S/C11H18N2O4/c1-5-17-9(15)7(2)13-6-8(14)12-10(16)11(13,3)4/h7H,5-6H2,1-4H3,(H,12,14,16). The number of hydrogen-bond donors (Lipinski definition) is 1. The smallest absolute Gasteiger partial charge is 0.323 e. The third-order valence-electron chi connectivity index (χ3n) is 2.94. The lowest BCUT2D eigenvalue weighted by molar-refractivity contribution is -0.158. The van der Waals surface area contributed by atoms with Crippen LogP contribution in [0.5, 0.6) is 0 Å². The van der Waals surface area contributed by atoms with E-state index in [1.807, 2.05) is 0 Å². The van der Waals surface area contributed by atoms with Crippen LogP contribution in [0.15, 0.2) is 0 Å². The van der Waals surface area contributed by atoms with Crippen molar-refractivity contribution in [1.29, 1.82) is 0 Å². The van der Waals surface area contributed by atoms with E-state index in [-0.39, 0.29) is 13.2 Å². The topological polar surface area (TPSA) is 75.7 Å². The largest absolute Gasteiger partial charge is 0.465 e. The molecule has 1 atom stereocenters. The number of nitrogens with one attached hydrogen (secondary N) is 1. The monoisotopic (exact) mass is 242 g/mol. The van der Waals surface area contributed by atoms with Gasteiger partial charge in [0.05, 0.1) is 18.7 Å². The third kappa shape index (κ3) is 2.63. The summed E-state index contributed by atoms with van der Waals surface area (Å²) in [6.07, 6.45) is 0. The highest BCUT2D eigenvalue weighted by atomic mass is 16.5. The number of rotatable bonds is 3. The maximum Gasteiger partial charge on any atom is 0.323 e. The van der Waals surface area contributed by atoms with Gasteiger partial charge in [-0.05, 0) is 27.7 Å². The Morgan fingerprint density at radius 3 is 2.65 bits per heavy atom. The Labute approximate surface area is 100 Å². The molecule has 1 fully saturated rings. The lowest BCUT2D eigenvalue weighted by Gasteiger charge is -2.42. The van der Waals surface area contributed by atoms with Gasteiger partial charge in [-0.2, -0.15) is 0 Å².